The van der Waals surface area contributed by atoms with E-state index in [1.165, 1.54) is 24.9 Å². The summed E-state index contributed by atoms with van der Waals surface area (Å²) in [5.74, 6) is 1.64. The summed E-state index contributed by atoms with van der Waals surface area (Å²) in [7, 11) is 2.03. The number of thiazole rings is 1. The van der Waals surface area contributed by atoms with Crippen LogP contribution in [0.5, 0.6) is 0 Å². The van der Waals surface area contributed by atoms with Crippen molar-refractivity contribution in [2.75, 3.05) is 36.9 Å². The lowest BCUT2D eigenvalue weighted by Crippen LogP contribution is -2.34. The predicted octanol–water partition coefficient (Wildman–Crippen LogP) is 4.72. The topological polar surface area (TPSA) is 78.9 Å². The summed E-state index contributed by atoms with van der Waals surface area (Å²) in [5.41, 5.74) is 4.08. The maximum absolute atomic E-state index is 4.78. The Bertz CT molecular complexity index is 1170. The second-order valence-corrected chi connectivity index (χ2v) is 9.10. The van der Waals surface area contributed by atoms with Crippen molar-refractivity contribution in [3.8, 4) is 11.3 Å². The zero-order valence-corrected chi connectivity index (χ0v) is 19.0. The van der Waals surface area contributed by atoms with Crippen molar-refractivity contribution in [2.24, 2.45) is 5.92 Å². The first kappa shape index (κ1) is 20.8. The van der Waals surface area contributed by atoms with E-state index in [1.807, 2.05) is 37.5 Å². The van der Waals surface area contributed by atoms with Gasteiger partial charge in [0.2, 0.25) is 0 Å². The molecule has 0 aromatic carbocycles. The van der Waals surface area contributed by atoms with Crippen LogP contribution in [0, 0.1) is 5.92 Å². The Kier molecular flexibility index (Phi) is 6.22. The van der Waals surface area contributed by atoms with Gasteiger partial charge in [-0.05, 0) is 69.1 Å². The molecule has 1 fully saturated rings. The molecule has 1 aliphatic rings. The van der Waals surface area contributed by atoms with Crippen LogP contribution in [0.2, 0.25) is 0 Å². The highest BCUT2D eigenvalue weighted by Gasteiger charge is 2.19. The van der Waals surface area contributed by atoms with Crippen LogP contribution >= 0.6 is 11.3 Å². The highest BCUT2D eigenvalue weighted by atomic mass is 32.1. The van der Waals surface area contributed by atoms with Crippen molar-refractivity contribution in [1.29, 1.82) is 0 Å². The Labute approximate surface area is 192 Å². The van der Waals surface area contributed by atoms with E-state index in [-0.39, 0.29) is 0 Å². The molecule has 5 heterocycles. The minimum Gasteiger partial charge on any atom is -0.371 e. The molecular weight excluding hydrogens is 418 g/mol. The summed E-state index contributed by atoms with van der Waals surface area (Å²) in [6, 6.07) is 12.2. The summed E-state index contributed by atoms with van der Waals surface area (Å²) in [6.07, 6.45) is 9.20. The highest BCUT2D eigenvalue weighted by molar-refractivity contribution is 7.21. The standard InChI is InChI=1S/C24H27N7S/c1-25-10-4-17-8-14-31(15-9-17)19-7-13-27-22(16-19)30-24-29-21-3-2-20(28-23(21)32-24)18-5-11-26-12-6-18/h2-3,5-7,11-13,16-17,25H,4,8-10,14-15H2,1H3,(H,27,29,30). The molecule has 5 rings (SSSR count). The molecule has 0 spiro atoms. The minimum atomic E-state index is 0.801. The van der Waals surface area contributed by atoms with Gasteiger partial charge >= 0.3 is 0 Å². The number of rotatable bonds is 7. The Morgan fingerprint density at radius 1 is 1.03 bits per heavy atom. The van der Waals surface area contributed by atoms with Gasteiger partial charge < -0.3 is 15.5 Å². The zero-order chi connectivity index (χ0) is 21.8. The van der Waals surface area contributed by atoms with Crippen LogP contribution in [0.15, 0.2) is 55.0 Å². The van der Waals surface area contributed by atoms with E-state index in [4.69, 9.17) is 9.97 Å². The molecule has 32 heavy (non-hydrogen) atoms. The smallest absolute Gasteiger partial charge is 0.190 e. The molecular formula is C24H27N7S. The van der Waals surface area contributed by atoms with E-state index in [9.17, 15) is 0 Å². The van der Waals surface area contributed by atoms with Crippen molar-refractivity contribution < 1.29 is 0 Å². The summed E-state index contributed by atoms with van der Waals surface area (Å²) in [5, 5.41) is 7.45. The minimum absolute atomic E-state index is 0.801. The molecule has 0 saturated carbocycles. The lowest BCUT2D eigenvalue weighted by atomic mass is 9.93. The number of fused-ring (bicyclic) bond motifs is 1. The van der Waals surface area contributed by atoms with Crippen LogP contribution in [0.1, 0.15) is 19.3 Å². The van der Waals surface area contributed by atoms with Gasteiger partial charge in [-0.3, -0.25) is 4.98 Å². The molecule has 7 nitrogen and oxygen atoms in total. The van der Waals surface area contributed by atoms with Crippen LogP contribution in [0.25, 0.3) is 21.6 Å². The average molecular weight is 446 g/mol. The molecule has 1 aliphatic heterocycles. The van der Waals surface area contributed by atoms with Crippen LogP contribution in [-0.2, 0) is 0 Å². The Balaban J connectivity index is 1.28. The van der Waals surface area contributed by atoms with Gasteiger partial charge in [-0.2, -0.15) is 0 Å². The van der Waals surface area contributed by atoms with Crippen molar-refractivity contribution in [3.05, 3.63) is 55.0 Å². The number of nitrogens with one attached hydrogen (secondary N) is 2. The third kappa shape index (κ3) is 4.71. The third-order valence-corrected chi connectivity index (χ3v) is 6.87. The summed E-state index contributed by atoms with van der Waals surface area (Å²) in [6.45, 7) is 3.30. The number of anilines is 3. The quantitative estimate of drug-likeness (QED) is 0.426. The Hall–Kier alpha value is -3.10. The van der Waals surface area contributed by atoms with E-state index < -0.39 is 0 Å². The van der Waals surface area contributed by atoms with Gasteiger partial charge in [-0.15, -0.1) is 0 Å². The van der Waals surface area contributed by atoms with Gasteiger partial charge in [0, 0.05) is 49.0 Å². The van der Waals surface area contributed by atoms with Crippen LogP contribution < -0.4 is 15.5 Å². The fourth-order valence-corrected chi connectivity index (χ4v) is 5.02. The number of hydrogen-bond acceptors (Lipinski definition) is 8. The van der Waals surface area contributed by atoms with Crippen LogP contribution in [0.4, 0.5) is 16.6 Å². The molecule has 0 unspecified atom stereocenters. The van der Waals surface area contributed by atoms with Crippen LogP contribution in [-0.4, -0.2) is 46.6 Å². The molecule has 4 aromatic rings. The number of pyridine rings is 3. The second kappa shape index (κ2) is 9.58. The lowest BCUT2D eigenvalue weighted by molar-refractivity contribution is 0.378. The van der Waals surface area contributed by atoms with Crippen molar-refractivity contribution >= 4 is 38.3 Å². The summed E-state index contributed by atoms with van der Waals surface area (Å²) < 4.78 is 0. The molecule has 0 amide bonds. The average Bonchev–Trinajstić information content (AvgIpc) is 3.25. The molecule has 1 saturated heterocycles. The molecule has 0 aliphatic carbocycles. The maximum Gasteiger partial charge on any atom is 0.190 e. The first-order valence-corrected chi connectivity index (χ1v) is 11.9. The number of nitrogens with zero attached hydrogens (tertiary/aromatic N) is 5. The van der Waals surface area contributed by atoms with E-state index in [0.717, 1.165) is 58.1 Å². The fourth-order valence-electron chi connectivity index (χ4n) is 4.18. The number of hydrogen-bond donors (Lipinski definition) is 2. The van der Waals surface area contributed by atoms with Gasteiger partial charge in [-0.25, -0.2) is 15.0 Å². The maximum atomic E-state index is 4.78. The molecule has 164 valence electrons. The molecule has 8 heteroatoms. The van der Waals surface area contributed by atoms with Gasteiger partial charge in [0.05, 0.1) is 5.69 Å². The molecule has 0 atom stereocenters. The van der Waals surface area contributed by atoms with Crippen molar-refractivity contribution in [1.82, 2.24) is 25.3 Å². The predicted molar refractivity (Wildman–Crippen MR) is 132 cm³/mol. The van der Waals surface area contributed by atoms with Gasteiger partial charge in [0.15, 0.2) is 5.13 Å². The van der Waals surface area contributed by atoms with E-state index in [0.29, 0.717) is 0 Å². The van der Waals surface area contributed by atoms with E-state index in [1.54, 1.807) is 23.7 Å². The van der Waals surface area contributed by atoms with Crippen LogP contribution in [0.3, 0.4) is 0 Å². The highest BCUT2D eigenvalue weighted by Crippen LogP contribution is 2.30. The third-order valence-electron chi connectivity index (χ3n) is 5.99. The summed E-state index contributed by atoms with van der Waals surface area (Å²) in [4.78, 5) is 21.4. The first-order chi connectivity index (χ1) is 15.8. The molecule has 0 radical (unpaired) electrons. The monoisotopic (exact) mass is 445 g/mol. The second-order valence-electron chi connectivity index (χ2n) is 8.12. The summed E-state index contributed by atoms with van der Waals surface area (Å²) >= 11 is 1.54. The fraction of sp³-hybridized carbons (Fsp3) is 0.333. The van der Waals surface area contributed by atoms with Gasteiger partial charge in [-0.1, -0.05) is 11.3 Å². The van der Waals surface area contributed by atoms with Gasteiger partial charge in [0.1, 0.15) is 16.2 Å². The van der Waals surface area contributed by atoms with E-state index >= 15 is 0 Å². The number of piperidine rings is 1. The number of aromatic nitrogens is 4. The molecule has 4 aromatic heterocycles. The Morgan fingerprint density at radius 2 is 1.88 bits per heavy atom. The van der Waals surface area contributed by atoms with E-state index in [2.05, 4.69) is 37.6 Å². The van der Waals surface area contributed by atoms with Gasteiger partial charge in [0.25, 0.3) is 0 Å². The zero-order valence-electron chi connectivity index (χ0n) is 18.2. The van der Waals surface area contributed by atoms with Crippen molar-refractivity contribution in [2.45, 2.75) is 19.3 Å². The lowest BCUT2D eigenvalue weighted by Gasteiger charge is -2.33. The Morgan fingerprint density at radius 3 is 2.69 bits per heavy atom. The first-order valence-electron chi connectivity index (χ1n) is 11.1. The van der Waals surface area contributed by atoms with Crippen molar-refractivity contribution in [3.63, 3.8) is 0 Å². The molecule has 0 bridgehead atoms. The largest absolute Gasteiger partial charge is 0.371 e. The normalized spacial score (nSPS) is 14.7. The SMILES string of the molecule is CNCCC1CCN(c2ccnc(Nc3nc4ccc(-c5ccncc5)nc4s3)c2)CC1. The molecule has 2 N–H and O–H groups in total.